The van der Waals surface area contributed by atoms with Gasteiger partial charge in [-0.25, -0.2) is 0 Å². The molecule has 0 N–H and O–H groups in total. The minimum absolute atomic E-state index is 0.120. The van der Waals surface area contributed by atoms with Crippen LogP contribution in [0.2, 0.25) is 0 Å². The van der Waals surface area contributed by atoms with Crippen molar-refractivity contribution in [2.75, 3.05) is 12.0 Å². The van der Waals surface area contributed by atoms with Gasteiger partial charge in [-0.2, -0.15) is 0 Å². The smallest absolute Gasteiger partial charge is 0.265 e. The van der Waals surface area contributed by atoms with Crippen LogP contribution in [0.4, 0.5) is 5.69 Å². The number of fused-ring (bicyclic) bond motifs is 1. The fourth-order valence-electron chi connectivity index (χ4n) is 3.54. The number of hydrogen-bond donors (Lipinski definition) is 0. The van der Waals surface area contributed by atoms with E-state index in [4.69, 9.17) is 9.47 Å². The molecule has 2 aliphatic rings. The summed E-state index contributed by atoms with van der Waals surface area (Å²) in [6.07, 6.45) is 7.96. The Morgan fingerprint density at radius 1 is 1.16 bits per heavy atom. The fraction of sp³-hybridized carbons (Fsp3) is 0.300. The molecule has 1 aliphatic carbocycles. The molecule has 1 amide bonds. The molecule has 0 unspecified atom stereocenters. The molecule has 0 spiro atoms. The lowest BCUT2D eigenvalue weighted by atomic mass is 10.1. The number of nitrogens with zero attached hydrogens (tertiary/aromatic N) is 2. The van der Waals surface area contributed by atoms with Crippen LogP contribution in [0.5, 0.6) is 11.5 Å². The van der Waals surface area contributed by atoms with Gasteiger partial charge in [-0.3, -0.25) is 14.7 Å². The zero-order valence-corrected chi connectivity index (χ0v) is 14.2. The summed E-state index contributed by atoms with van der Waals surface area (Å²) in [4.78, 5) is 18.4. The third-order valence-corrected chi connectivity index (χ3v) is 4.84. The highest BCUT2D eigenvalue weighted by Gasteiger charge is 2.33. The van der Waals surface area contributed by atoms with Crippen LogP contribution in [0.1, 0.15) is 41.6 Å². The number of rotatable bonds is 4. The standard InChI is InChI=1S/C20H20N2O3/c1-13-16-9-10-21-12-17(16)20(23)22(13)14-7-8-18(24-2)19(11-14)25-15-5-3-4-6-15/h7-12,15H,1,3-6H2,2H3. The van der Waals surface area contributed by atoms with Crippen LogP contribution in [0.25, 0.3) is 5.70 Å². The Balaban J connectivity index is 1.69. The lowest BCUT2D eigenvalue weighted by molar-refractivity contribution is 0.101. The Bertz CT molecular complexity index is 806. The van der Waals surface area contributed by atoms with Crippen LogP contribution in [0.3, 0.4) is 0 Å². The fourth-order valence-corrected chi connectivity index (χ4v) is 3.54. The molecular weight excluding hydrogens is 316 g/mol. The van der Waals surface area contributed by atoms with E-state index in [1.54, 1.807) is 24.4 Å². The van der Waals surface area contributed by atoms with Crippen LogP contribution >= 0.6 is 0 Å². The third kappa shape index (κ3) is 2.65. The number of methoxy groups -OCH3 is 1. The summed E-state index contributed by atoms with van der Waals surface area (Å²) in [6.45, 7) is 4.08. The molecule has 0 saturated heterocycles. The Morgan fingerprint density at radius 3 is 2.68 bits per heavy atom. The van der Waals surface area contributed by atoms with Gasteiger partial charge >= 0.3 is 0 Å². The molecule has 2 heterocycles. The molecule has 128 valence electrons. The number of pyridine rings is 1. The van der Waals surface area contributed by atoms with Gasteiger partial charge in [-0.1, -0.05) is 6.58 Å². The molecule has 4 rings (SSSR count). The van der Waals surface area contributed by atoms with Crippen molar-refractivity contribution in [2.24, 2.45) is 0 Å². The second-order valence-corrected chi connectivity index (χ2v) is 6.37. The first-order valence-electron chi connectivity index (χ1n) is 8.51. The Kier molecular flexibility index (Phi) is 3.92. The molecule has 1 saturated carbocycles. The lowest BCUT2D eigenvalue weighted by Gasteiger charge is -2.21. The van der Waals surface area contributed by atoms with Crippen molar-refractivity contribution in [3.63, 3.8) is 0 Å². The highest BCUT2D eigenvalue weighted by Crippen LogP contribution is 2.40. The number of aromatic nitrogens is 1. The minimum atomic E-state index is -0.120. The van der Waals surface area contributed by atoms with E-state index in [1.165, 1.54) is 12.8 Å². The Hall–Kier alpha value is -2.82. The van der Waals surface area contributed by atoms with Gasteiger partial charge in [0.05, 0.1) is 30.2 Å². The Morgan fingerprint density at radius 2 is 1.96 bits per heavy atom. The number of carbonyl (C=O) groups is 1. The van der Waals surface area contributed by atoms with Gasteiger partial charge in [0.15, 0.2) is 11.5 Å². The summed E-state index contributed by atoms with van der Waals surface area (Å²) >= 11 is 0. The van der Waals surface area contributed by atoms with Crippen molar-refractivity contribution in [3.05, 3.63) is 54.4 Å². The topological polar surface area (TPSA) is 51.7 Å². The molecule has 5 nitrogen and oxygen atoms in total. The van der Waals surface area contributed by atoms with Crippen LogP contribution < -0.4 is 14.4 Å². The van der Waals surface area contributed by atoms with E-state index in [0.717, 1.165) is 24.1 Å². The van der Waals surface area contributed by atoms with Crippen molar-refractivity contribution in [1.29, 1.82) is 0 Å². The summed E-state index contributed by atoms with van der Waals surface area (Å²) in [7, 11) is 1.62. The first-order chi connectivity index (χ1) is 12.2. The number of amides is 1. The molecule has 1 aromatic heterocycles. The number of carbonyl (C=O) groups excluding carboxylic acids is 1. The molecule has 0 atom stereocenters. The van der Waals surface area contributed by atoms with Crippen LogP contribution in [-0.4, -0.2) is 24.1 Å². The van der Waals surface area contributed by atoms with Gasteiger partial charge < -0.3 is 9.47 Å². The first kappa shape index (κ1) is 15.7. The van der Waals surface area contributed by atoms with Gasteiger partial charge in [-0.05, 0) is 43.9 Å². The van der Waals surface area contributed by atoms with E-state index in [0.29, 0.717) is 22.8 Å². The maximum Gasteiger partial charge on any atom is 0.265 e. The maximum atomic E-state index is 12.8. The number of benzene rings is 1. The minimum Gasteiger partial charge on any atom is -0.493 e. The van der Waals surface area contributed by atoms with Crippen molar-refractivity contribution < 1.29 is 14.3 Å². The molecule has 1 fully saturated rings. The normalized spacial score (nSPS) is 17.1. The van der Waals surface area contributed by atoms with Gasteiger partial charge in [-0.15, -0.1) is 0 Å². The molecule has 5 heteroatoms. The van der Waals surface area contributed by atoms with Crippen LogP contribution in [0.15, 0.2) is 43.2 Å². The molecule has 0 radical (unpaired) electrons. The van der Waals surface area contributed by atoms with Crippen molar-refractivity contribution in [1.82, 2.24) is 4.98 Å². The van der Waals surface area contributed by atoms with Gasteiger partial charge in [0, 0.05) is 24.0 Å². The predicted octanol–water partition coefficient (Wildman–Crippen LogP) is 4.04. The monoisotopic (exact) mass is 336 g/mol. The summed E-state index contributed by atoms with van der Waals surface area (Å²) < 4.78 is 11.6. The second-order valence-electron chi connectivity index (χ2n) is 6.37. The third-order valence-electron chi connectivity index (χ3n) is 4.84. The molecule has 1 aliphatic heterocycles. The van der Waals surface area contributed by atoms with Crippen LogP contribution in [0, 0.1) is 0 Å². The number of ether oxygens (including phenoxy) is 2. The van der Waals surface area contributed by atoms with Gasteiger partial charge in [0.1, 0.15) is 0 Å². The van der Waals surface area contributed by atoms with E-state index in [2.05, 4.69) is 11.6 Å². The van der Waals surface area contributed by atoms with Gasteiger partial charge in [0.2, 0.25) is 0 Å². The average Bonchev–Trinajstić information content (AvgIpc) is 3.23. The number of hydrogen-bond acceptors (Lipinski definition) is 4. The second kappa shape index (κ2) is 6.24. The molecule has 2 aromatic rings. The summed E-state index contributed by atoms with van der Waals surface area (Å²) in [6, 6.07) is 7.36. The summed E-state index contributed by atoms with van der Waals surface area (Å²) in [5.74, 6) is 1.22. The zero-order chi connectivity index (χ0) is 17.4. The molecule has 0 bridgehead atoms. The highest BCUT2D eigenvalue weighted by atomic mass is 16.5. The summed E-state index contributed by atoms with van der Waals surface area (Å²) in [5, 5.41) is 0. The van der Waals surface area contributed by atoms with E-state index in [9.17, 15) is 4.79 Å². The van der Waals surface area contributed by atoms with Gasteiger partial charge in [0.25, 0.3) is 5.91 Å². The van der Waals surface area contributed by atoms with E-state index < -0.39 is 0 Å². The molecule has 25 heavy (non-hydrogen) atoms. The molecular formula is C20H20N2O3. The summed E-state index contributed by atoms with van der Waals surface area (Å²) in [5.41, 5.74) is 2.76. The quantitative estimate of drug-likeness (QED) is 0.845. The lowest BCUT2D eigenvalue weighted by Crippen LogP contribution is -2.22. The highest BCUT2D eigenvalue weighted by molar-refractivity contribution is 6.21. The average molecular weight is 336 g/mol. The van der Waals surface area contributed by atoms with E-state index >= 15 is 0 Å². The van der Waals surface area contributed by atoms with Crippen molar-refractivity contribution >= 4 is 17.3 Å². The first-order valence-corrected chi connectivity index (χ1v) is 8.51. The van der Waals surface area contributed by atoms with E-state index in [-0.39, 0.29) is 12.0 Å². The Labute approximate surface area is 146 Å². The molecule has 1 aromatic carbocycles. The van der Waals surface area contributed by atoms with Crippen molar-refractivity contribution in [3.8, 4) is 11.5 Å². The van der Waals surface area contributed by atoms with Crippen molar-refractivity contribution in [2.45, 2.75) is 31.8 Å². The van der Waals surface area contributed by atoms with E-state index in [1.807, 2.05) is 24.3 Å². The maximum absolute atomic E-state index is 12.8. The van der Waals surface area contributed by atoms with Crippen LogP contribution in [-0.2, 0) is 0 Å². The SMILES string of the molecule is C=C1c2ccncc2C(=O)N1c1ccc(OC)c(OC2CCCC2)c1. The zero-order valence-electron chi connectivity index (χ0n) is 14.2. The largest absolute Gasteiger partial charge is 0.493 e. The number of anilines is 1. The predicted molar refractivity (Wildman–Crippen MR) is 96.0 cm³/mol.